The van der Waals surface area contributed by atoms with Crippen molar-refractivity contribution in [2.24, 2.45) is 0 Å². The van der Waals surface area contributed by atoms with E-state index in [2.05, 4.69) is 10.2 Å². The van der Waals surface area contributed by atoms with Gasteiger partial charge in [-0.15, -0.1) is 0 Å². The van der Waals surface area contributed by atoms with E-state index in [1.54, 1.807) is 0 Å². The van der Waals surface area contributed by atoms with Crippen molar-refractivity contribution in [2.75, 3.05) is 31.5 Å². The van der Waals surface area contributed by atoms with Crippen molar-refractivity contribution < 1.29 is 9.31 Å². The predicted molar refractivity (Wildman–Crippen MR) is 71.8 cm³/mol. The van der Waals surface area contributed by atoms with Gasteiger partial charge in [-0.1, -0.05) is 0 Å². The van der Waals surface area contributed by atoms with E-state index in [-0.39, 0.29) is 5.69 Å². The van der Waals surface area contributed by atoms with Gasteiger partial charge < -0.3 is 10.2 Å². The van der Waals surface area contributed by atoms with Crippen LogP contribution in [0.1, 0.15) is 19.3 Å². The fourth-order valence-electron chi connectivity index (χ4n) is 2.29. The lowest BCUT2D eigenvalue weighted by Gasteiger charge is -2.14. The predicted octanol–water partition coefficient (Wildman–Crippen LogP) is 2.63. The number of hydrogen-bond acceptors (Lipinski definition) is 4. The zero-order valence-corrected chi connectivity index (χ0v) is 10.8. The molecule has 1 saturated heterocycles. The lowest BCUT2D eigenvalue weighted by atomic mass is 10.2. The summed E-state index contributed by atoms with van der Waals surface area (Å²) in [6.07, 6.45) is 3.48. The smallest absolute Gasteiger partial charge is 0.272 e. The average molecular weight is 267 g/mol. The van der Waals surface area contributed by atoms with Gasteiger partial charge in [-0.05, 0) is 45.0 Å². The summed E-state index contributed by atoms with van der Waals surface area (Å²) in [7, 11) is 0. The van der Waals surface area contributed by atoms with Gasteiger partial charge in [0.2, 0.25) is 0 Å². The van der Waals surface area contributed by atoms with Crippen molar-refractivity contribution in [3.05, 3.63) is 34.1 Å². The van der Waals surface area contributed by atoms with Crippen LogP contribution in [-0.4, -0.2) is 36.0 Å². The molecule has 0 spiro atoms. The number of halogens is 1. The maximum atomic E-state index is 13.6. The Kier molecular flexibility index (Phi) is 4.68. The van der Waals surface area contributed by atoms with Gasteiger partial charge in [-0.3, -0.25) is 10.1 Å². The number of non-ortho nitro benzene ring substituents is 1. The van der Waals surface area contributed by atoms with Crippen LogP contribution in [0.15, 0.2) is 18.2 Å². The number of hydrogen-bond donors (Lipinski definition) is 1. The Morgan fingerprint density at radius 2 is 2.11 bits per heavy atom. The molecule has 1 N–H and O–H groups in total. The molecule has 0 aliphatic carbocycles. The van der Waals surface area contributed by atoms with Crippen molar-refractivity contribution in [1.82, 2.24) is 4.90 Å². The molecule has 0 unspecified atom stereocenters. The summed E-state index contributed by atoms with van der Waals surface area (Å²) in [5, 5.41) is 13.5. The standard InChI is InChI=1S/C13H18FN3O2/c14-12-10-11(17(18)19)4-5-13(12)15-6-3-9-16-7-1-2-8-16/h4-5,10,15H,1-3,6-9H2. The largest absolute Gasteiger partial charge is 0.383 e. The number of nitro benzene ring substituents is 1. The molecule has 104 valence electrons. The molecule has 0 radical (unpaired) electrons. The summed E-state index contributed by atoms with van der Waals surface area (Å²) in [6.45, 7) is 4.00. The molecule has 5 nitrogen and oxygen atoms in total. The van der Waals surface area contributed by atoms with Crippen LogP contribution in [0.5, 0.6) is 0 Å². The van der Waals surface area contributed by atoms with E-state index in [1.165, 1.54) is 25.0 Å². The number of rotatable bonds is 6. The first kappa shape index (κ1) is 13.7. The fourth-order valence-corrected chi connectivity index (χ4v) is 2.29. The topological polar surface area (TPSA) is 58.4 Å². The van der Waals surface area contributed by atoms with Crippen molar-refractivity contribution in [3.8, 4) is 0 Å². The minimum atomic E-state index is -0.597. The summed E-state index contributed by atoms with van der Waals surface area (Å²) in [5.41, 5.74) is 0.104. The Bertz CT molecular complexity index is 448. The van der Waals surface area contributed by atoms with E-state index in [0.717, 1.165) is 32.1 Å². The molecule has 1 heterocycles. The molecule has 2 rings (SSSR count). The Balaban J connectivity index is 1.77. The molecular formula is C13H18FN3O2. The second-order valence-corrected chi connectivity index (χ2v) is 4.75. The molecule has 19 heavy (non-hydrogen) atoms. The lowest BCUT2D eigenvalue weighted by molar-refractivity contribution is -0.385. The van der Waals surface area contributed by atoms with Crippen molar-refractivity contribution in [1.29, 1.82) is 0 Å². The molecule has 0 aromatic heterocycles. The number of nitro groups is 1. The quantitative estimate of drug-likeness (QED) is 0.489. The fraction of sp³-hybridized carbons (Fsp3) is 0.538. The van der Waals surface area contributed by atoms with Gasteiger partial charge in [0.25, 0.3) is 5.69 Å². The van der Waals surface area contributed by atoms with E-state index in [9.17, 15) is 14.5 Å². The minimum absolute atomic E-state index is 0.222. The van der Waals surface area contributed by atoms with Crippen LogP contribution in [0, 0.1) is 15.9 Å². The summed E-state index contributed by atoms with van der Waals surface area (Å²) < 4.78 is 13.6. The first-order chi connectivity index (χ1) is 9.16. The van der Waals surface area contributed by atoms with Gasteiger partial charge in [0.15, 0.2) is 5.82 Å². The number of nitrogens with zero attached hydrogens (tertiary/aromatic N) is 2. The van der Waals surface area contributed by atoms with E-state index < -0.39 is 10.7 Å². The van der Waals surface area contributed by atoms with Crippen LogP contribution in [-0.2, 0) is 0 Å². The highest BCUT2D eigenvalue weighted by Crippen LogP contribution is 2.20. The monoisotopic (exact) mass is 267 g/mol. The highest BCUT2D eigenvalue weighted by molar-refractivity contribution is 5.49. The number of likely N-dealkylation sites (tertiary alicyclic amines) is 1. The van der Waals surface area contributed by atoms with Crippen LogP contribution < -0.4 is 5.32 Å². The molecule has 1 aliphatic heterocycles. The van der Waals surface area contributed by atoms with Gasteiger partial charge >= 0.3 is 0 Å². The zero-order valence-electron chi connectivity index (χ0n) is 10.8. The van der Waals surface area contributed by atoms with Crippen LogP contribution in [0.3, 0.4) is 0 Å². The van der Waals surface area contributed by atoms with Crippen LogP contribution in [0.2, 0.25) is 0 Å². The third-order valence-corrected chi connectivity index (χ3v) is 3.33. The summed E-state index contributed by atoms with van der Waals surface area (Å²) in [5.74, 6) is -0.574. The molecule has 1 aromatic rings. The summed E-state index contributed by atoms with van der Waals surface area (Å²) in [4.78, 5) is 12.3. The van der Waals surface area contributed by atoms with Gasteiger partial charge in [0.05, 0.1) is 16.7 Å². The number of benzene rings is 1. The first-order valence-corrected chi connectivity index (χ1v) is 6.57. The van der Waals surface area contributed by atoms with Crippen molar-refractivity contribution in [2.45, 2.75) is 19.3 Å². The van der Waals surface area contributed by atoms with Crippen LogP contribution in [0.4, 0.5) is 15.8 Å². The van der Waals surface area contributed by atoms with Gasteiger partial charge in [0.1, 0.15) is 0 Å². The molecule has 6 heteroatoms. The molecule has 0 atom stereocenters. The molecular weight excluding hydrogens is 249 g/mol. The first-order valence-electron chi connectivity index (χ1n) is 6.57. The number of anilines is 1. The Hall–Kier alpha value is -1.69. The third kappa shape index (κ3) is 3.89. The number of nitrogens with one attached hydrogen (secondary N) is 1. The van der Waals surface area contributed by atoms with E-state index >= 15 is 0 Å². The second kappa shape index (κ2) is 6.47. The highest BCUT2D eigenvalue weighted by Gasteiger charge is 2.12. The lowest BCUT2D eigenvalue weighted by Crippen LogP contribution is -2.22. The Morgan fingerprint density at radius 3 is 2.74 bits per heavy atom. The zero-order chi connectivity index (χ0) is 13.7. The third-order valence-electron chi connectivity index (χ3n) is 3.33. The molecule has 0 bridgehead atoms. The van der Waals surface area contributed by atoms with Gasteiger partial charge in [-0.2, -0.15) is 0 Å². The van der Waals surface area contributed by atoms with Crippen LogP contribution >= 0.6 is 0 Å². The van der Waals surface area contributed by atoms with E-state index in [0.29, 0.717) is 12.2 Å². The highest BCUT2D eigenvalue weighted by atomic mass is 19.1. The van der Waals surface area contributed by atoms with Gasteiger partial charge in [0, 0.05) is 12.6 Å². The summed E-state index contributed by atoms with van der Waals surface area (Å²) in [6, 6.07) is 3.68. The molecule has 0 saturated carbocycles. The van der Waals surface area contributed by atoms with Gasteiger partial charge in [-0.25, -0.2) is 4.39 Å². The molecule has 0 amide bonds. The van der Waals surface area contributed by atoms with Crippen LogP contribution in [0.25, 0.3) is 0 Å². The molecule has 1 aliphatic rings. The SMILES string of the molecule is O=[N+]([O-])c1ccc(NCCCN2CCCC2)c(F)c1. The maximum Gasteiger partial charge on any atom is 0.272 e. The Labute approximate surface area is 111 Å². The summed E-state index contributed by atoms with van der Waals surface area (Å²) >= 11 is 0. The Morgan fingerprint density at radius 1 is 1.37 bits per heavy atom. The van der Waals surface area contributed by atoms with E-state index in [4.69, 9.17) is 0 Å². The molecule has 1 aromatic carbocycles. The molecule has 1 fully saturated rings. The normalized spacial score (nSPS) is 15.6. The van der Waals surface area contributed by atoms with Crippen molar-refractivity contribution >= 4 is 11.4 Å². The van der Waals surface area contributed by atoms with Crippen molar-refractivity contribution in [3.63, 3.8) is 0 Å². The maximum absolute atomic E-state index is 13.6. The van der Waals surface area contributed by atoms with E-state index in [1.807, 2.05) is 0 Å². The minimum Gasteiger partial charge on any atom is -0.383 e. The second-order valence-electron chi connectivity index (χ2n) is 4.75. The average Bonchev–Trinajstić information content (AvgIpc) is 2.89.